The number of benzene rings is 3. The molecule has 49 heavy (non-hydrogen) atoms. The van der Waals surface area contributed by atoms with Crippen LogP contribution in [0.2, 0.25) is 0 Å². The van der Waals surface area contributed by atoms with Gasteiger partial charge in [0.1, 0.15) is 18.7 Å². The Morgan fingerprint density at radius 2 is 1.45 bits per heavy atom. The van der Waals surface area contributed by atoms with E-state index in [1.807, 2.05) is 57.2 Å². The van der Waals surface area contributed by atoms with Gasteiger partial charge in [-0.25, -0.2) is 4.79 Å². The van der Waals surface area contributed by atoms with Crippen LogP contribution in [0, 0.1) is 0 Å². The zero-order valence-corrected chi connectivity index (χ0v) is 28.0. The maximum absolute atomic E-state index is 14.1. The molecule has 12 heteroatoms. The fourth-order valence-electron chi connectivity index (χ4n) is 5.80. The molecule has 12 nitrogen and oxygen atoms in total. The van der Waals surface area contributed by atoms with E-state index in [9.17, 15) is 29.1 Å². The average Bonchev–Trinajstić information content (AvgIpc) is 3.52. The Morgan fingerprint density at radius 3 is 2.02 bits per heavy atom. The number of aliphatic hydroxyl groups excluding tert-OH is 1. The molecule has 0 unspecified atom stereocenters. The molecule has 0 aromatic heterocycles. The number of nitrogens with zero attached hydrogens (tertiary/aromatic N) is 1. The number of hydrogen-bond donors (Lipinski definition) is 5. The van der Waals surface area contributed by atoms with Crippen LogP contribution in [0.3, 0.4) is 0 Å². The predicted molar refractivity (Wildman–Crippen MR) is 183 cm³/mol. The van der Waals surface area contributed by atoms with E-state index in [2.05, 4.69) is 16.0 Å². The van der Waals surface area contributed by atoms with Crippen molar-refractivity contribution in [2.75, 3.05) is 6.54 Å². The van der Waals surface area contributed by atoms with E-state index in [1.165, 1.54) is 4.90 Å². The van der Waals surface area contributed by atoms with Crippen LogP contribution in [-0.2, 0) is 36.9 Å². The van der Waals surface area contributed by atoms with Gasteiger partial charge < -0.3 is 36.4 Å². The quantitative estimate of drug-likeness (QED) is 0.185. The molecule has 1 fully saturated rings. The number of carbonyl (C=O) groups excluding carboxylic acids is 5. The van der Waals surface area contributed by atoms with Gasteiger partial charge in [-0.2, -0.15) is 0 Å². The molecule has 1 heterocycles. The number of hydrogen-bond acceptors (Lipinski definition) is 7. The summed E-state index contributed by atoms with van der Waals surface area (Å²) in [6, 6.07) is 23.8. The van der Waals surface area contributed by atoms with E-state index in [4.69, 9.17) is 10.5 Å². The Bertz CT molecular complexity index is 1580. The Hall–Kier alpha value is -5.23. The molecule has 0 saturated carbocycles. The van der Waals surface area contributed by atoms with Crippen LogP contribution in [-0.4, -0.2) is 76.0 Å². The Morgan fingerprint density at radius 1 is 0.878 bits per heavy atom. The van der Waals surface area contributed by atoms with Gasteiger partial charge in [-0.3, -0.25) is 19.2 Å². The normalized spacial score (nSPS) is 17.7. The standard InChI is InChI=1S/C37H45N5O7/c1-37(2,3)41-34(46)30-20-27(26-17-11-6-12-18-26)22-42(30)35(47)32(44)28(19-24-13-7-4-8-14-24)39-33(45)29(21-31(38)43)40-36(48)49-23-25-15-9-5-10-16-25/h4-18,27-30,32,44H,19-23H2,1-3H3,(H2,38,43)(H,39,45)(H,40,48)(H,41,46)/t27-,28-,29-,30-,32-/m0/s1. The molecule has 5 atom stereocenters. The Balaban J connectivity index is 1.56. The molecule has 0 bridgehead atoms. The van der Waals surface area contributed by atoms with Crippen molar-refractivity contribution in [1.82, 2.24) is 20.9 Å². The largest absolute Gasteiger partial charge is 0.445 e. The highest BCUT2D eigenvalue weighted by atomic mass is 16.5. The van der Waals surface area contributed by atoms with Gasteiger partial charge in [-0.1, -0.05) is 91.0 Å². The van der Waals surface area contributed by atoms with Gasteiger partial charge in [0.05, 0.1) is 12.5 Å². The van der Waals surface area contributed by atoms with Crippen molar-refractivity contribution in [2.45, 2.75) is 82.3 Å². The summed E-state index contributed by atoms with van der Waals surface area (Å²) in [5.41, 5.74) is 7.21. The van der Waals surface area contributed by atoms with Gasteiger partial charge in [0.25, 0.3) is 5.91 Å². The Kier molecular flexibility index (Phi) is 12.5. The van der Waals surface area contributed by atoms with E-state index in [1.54, 1.807) is 54.6 Å². The molecule has 0 radical (unpaired) electrons. The molecule has 5 amide bonds. The van der Waals surface area contributed by atoms with Gasteiger partial charge >= 0.3 is 6.09 Å². The number of nitrogens with one attached hydrogen (secondary N) is 3. The summed E-state index contributed by atoms with van der Waals surface area (Å²) < 4.78 is 5.23. The first kappa shape index (κ1) is 36.6. The molecule has 4 rings (SSSR count). The summed E-state index contributed by atoms with van der Waals surface area (Å²) in [6.45, 7) is 5.62. The fraction of sp³-hybridized carbons (Fsp3) is 0.378. The number of likely N-dealkylation sites (tertiary alicyclic amines) is 1. The van der Waals surface area contributed by atoms with Gasteiger partial charge in [-0.15, -0.1) is 0 Å². The topological polar surface area (TPSA) is 180 Å². The molecule has 3 aromatic carbocycles. The molecule has 6 N–H and O–H groups in total. The summed E-state index contributed by atoms with van der Waals surface area (Å²) in [7, 11) is 0. The summed E-state index contributed by atoms with van der Waals surface area (Å²) >= 11 is 0. The van der Waals surface area contributed by atoms with Gasteiger partial charge in [-0.05, 0) is 50.3 Å². The van der Waals surface area contributed by atoms with Gasteiger partial charge in [0.15, 0.2) is 6.10 Å². The first-order valence-electron chi connectivity index (χ1n) is 16.3. The molecule has 1 aliphatic rings. The summed E-state index contributed by atoms with van der Waals surface area (Å²) in [5, 5.41) is 19.6. The van der Waals surface area contributed by atoms with Crippen LogP contribution in [0.1, 0.15) is 56.2 Å². The number of primary amides is 1. The maximum atomic E-state index is 14.1. The molecule has 1 aliphatic heterocycles. The van der Waals surface area contributed by atoms with Crippen molar-refractivity contribution in [2.24, 2.45) is 5.73 Å². The van der Waals surface area contributed by atoms with E-state index in [0.717, 1.165) is 5.56 Å². The van der Waals surface area contributed by atoms with Crippen molar-refractivity contribution < 1.29 is 33.8 Å². The van der Waals surface area contributed by atoms with Crippen molar-refractivity contribution >= 4 is 29.7 Å². The van der Waals surface area contributed by atoms with Crippen molar-refractivity contribution in [3.8, 4) is 0 Å². The fourth-order valence-corrected chi connectivity index (χ4v) is 5.80. The maximum Gasteiger partial charge on any atom is 0.408 e. The summed E-state index contributed by atoms with van der Waals surface area (Å²) in [5.74, 6) is -2.98. The molecule has 0 aliphatic carbocycles. The summed E-state index contributed by atoms with van der Waals surface area (Å²) in [4.78, 5) is 67.2. The second kappa shape index (κ2) is 16.7. The zero-order valence-electron chi connectivity index (χ0n) is 28.0. The third-order valence-electron chi connectivity index (χ3n) is 8.14. The number of aliphatic hydroxyl groups is 1. The van der Waals surface area contributed by atoms with Crippen LogP contribution in [0.25, 0.3) is 0 Å². The predicted octanol–water partition coefficient (Wildman–Crippen LogP) is 2.54. The smallest absolute Gasteiger partial charge is 0.408 e. The highest BCUT2D eigenvalue weighted by Gasteiger charge is 2.44. The third-order valence-corrected chi connectivity index (χ3v) is 8.14. The molecular weight excluding hydrogens is 626 g/mol. The van der Waals surface area contributed by atoms with Gasteiger partial charge in [0, 0.05) is 18.0 Å². The van der Waals surface area contributed by atoms with Crippen LogP contribution < -0.4 is 21.7 Å². The lowest BCUT2D eigenvalue weighted by Gasteiger charge is -2.32. The monoisotopic (exact) mass is 671 g/mol. The lowest BCUT2D eigenvalue weighted by atomic mass is 9.96. The lowest BCUT2D eigenvalue weighted by Crippen LogP contribution is -2.59. The van der Waals surface area contributed by atoms with Crippen LogP contribution in [0.5, 0.6) is 0 Å². The van der Waals surface area contributed by atoms with Crippen LogP contribution in [0.4, 0.5) is 4.79 Å². The molecule has 0 spiro atoms. The number of ether oxygens (including phenoxy) is 1. The highest BCUT2D eigenvalue weighted by Crippen LogP contribution is 2.33. The van der Waals surface area contributed by atoms with E-state index in [-0.39, 0.29) is 31.4 Å². The molecule has 1 saturated heterocycles. The second-order valence-electron chi connectivity index (χ2n) is 13.3. The summed E-state index contributed by atoms with van der Waals surface area (Å²) in [6.07, 6.45) is -2.94. The lowest BCUT2D eigenvalue weighted by molar-refractivity contribution is -0.147. The number of nitrogens with two attached hydrogens (primary N) is 1. The van der Waals surface area contributed by atoms with E-state index >= 15 is 0 Å². The molecular formula is C37H45N5O7. The Labute approximate surface area is 286 Å². The zero-order chi connectivity index (χ0) is 35.6. The number of rotatable bonds is 13. The number of carbonyl (C=O) groups is 5. The minimum absolute atomic E-state index is 0.0238. The average molecular weight is 672 g/mol. The van der Waals surface area contributed by atoms with Gasteiger partial charge in [0.2, 0.25) is 17.7 Å². The van der Waals surface area contributed by atoms with E-state index in [0.29, 0.717) is 17.5 Å². The molecule has 260 valence electrons. The first-order chi connectivity index (χ1) is 23.3. The second-order valence-corrected chi connectivity index (χ2v) is 13.3. The van der Waals surface area contributed by atoms with Crippen molar-refractivity contribution in [3.63, 3.8) is 0 Å². The minimum Gasteiger partial charge on any atom is -0.445 e. The number of amides is 5. The minimum atomic E-state index is -1.79. The molecule has 3 aromatic rings. The first-order valence-corrected chi connectivity index (χ1v) is 16.3. The number of alkyl carbamates (subject to hydrolysis) is 1. The van der Waals surface area contributed by atoms with Crippen molar-refractivity contribution in [1.29, 1.82) is 0 Å². The van der Waals surface area contributed by atoms with E-state index < -0.39 is 60.0 Å². The highest BCUT2D eigenvalue weighted by molar-refractivity contribution is 5.93. The SMILES string of the molecule is CC(C)(C)NC(=O)[C@@H]1C[C@H](c2ccccc2)CN1C(=O)[C@@H](O)[C@H](Cc1ccccc1)NC(=O)[C@H](CC(N)=O)NC(=O)OCc1ccccc1. The third kappa shape index (κ3) is 10.9. The van der Waals surface area contributed by atoms with Crippen molar-refractivity contribution in [3.05, 3.63) is 108 Å². The van der Waals surface area contributed by atoms with Crippen LogP contribution in [0.15, 0.2) is 91.0 Å². The van der Waals surface area contributed by atoms with Crippen LogP contribution >= 0.6 is 0 Å².